The zero-order valence-electron chi connectivity index (χ0n) is 16.1. The summed E-state index contributed by atoms with van der Waals surface area (Å²) in [5, 5.41) is 4.90. The highest BCUT2D eigenvalue weighted by atomic mass is 32.2. The van der Waals surface area contributed by atoms with Crippen molar-refractivity contribution in [3.05, 3.63) is 75.9 Å². The fraction of sp³-hybridized carbons (Fsp3) is 0.238. The molecule has 0 aliphatic rings. The SMILES string of the molecule is CCCc1nc(CSc2nc3ccccc3c(=O)n2-c2ccc(C)c(F)c2)no1. The summed E-state index contributed by atoms with van der Waals surface area (Å²) in [5.41, 5.74) is 1.28. The minimum atomic E-state index is -0.374. The van der Waals surface area contributed by atoms with E-state index in [9.17, 15) is 9.18 Å². The number of benzene rings is 2. The molecule has 8 heteroatoms. The number of halogens is 1. The van der Waals surface area contributed by atoms with E-state index in [1.807, 2.05) is 13.0 Å². The molecule has 0 fully saturated rings. The number of para-hydroxylation sites is 1. The van der Waals surface area contributed by atoms with E-state index in [1.165, 1.54) is 22.4 Å². The van der Waals surface area contributed by atoms with E-state index in [2.05, 4.69) is 15.1 Å². The molecule has 0 saturated carbocycles. The average molecular weight is 410 g/mol. The van der Waals surface area contributed by atoms with E-state index in [1.54, 1.807) is 37.3 Å². The Morgan fingerprint density at radius 3 is 2.79 bits per heavy atom. The Hall–Kier alpha value is -3.00. The largest absolute Gasteiger partial charge is 0.339 e. The Labute approximate surface area is 170 Å². The van der Waals surface area contributed by atoms with Crippen molar-refractivity contribution in [2.24, 2.45) is 0 Å². The second-order valence-corrected chi connectivity index (χ2v) is 7.57. The number of hydrogen-bond donors (Lipinski definition) is 0. The first-order valence-electron chi connectivity index (χ1n) is 9.29. The molecule has 2 aromatic carbocycles. The summed E-state index contributed by atoms with van der Waals surface area (Å²) in [6.45, 7) is 3.72. The van der Waals surface area contributed by atoms with Gasteiger partial charge in [-0.1, -0.05) is 42.0 Å². The molecular weight excluding hydrogens is 391 g/mol. The summed E-state index contributed by atoms with van der Waals surface area (Å²) in [4.78, 5) is 22.2. The van der Waals surface area contributed by atoms with Gasteiger partial charge in [-0.05, 0) is 43.2 Å². The summed E-state index contributed by atoms with van der Waals surface area (Å²) in [6.07, 6.45) is 1.64. The van der Waals surface area contributed by atoms with Crippen molar-refractivity contribution in [2.75, 3.05) is 0 Å². The predicted octanol–water partition coefficient (Wildman–Crippen LogP) is 4.46. The van der Waals surface area contributed by atoms with E-state index in [4.69, 9.17) is 4.52 Å². The quantitative estimate of drug-likeness (QED) is 0.345. The van der Waals surface area contributed by atoms with Crippen LogP contribution in [0, 0.1) is 12.7 Å². The number of fused-ring (bicyclic) bond motifs is 1. The minimum Gasteiger partial charge on any atom is -0.339 e. The van der Waals surface area contributed by atoms with Crippen LogP contribution < -0.4 is 5.56 Å². The Kier molecular flexibility index (Phi) is 5.44. The second kappa shape index (κ2) is 8.16. The van der Waals surface area contributed by atoms with Crippen LogP contribution in [0.15, 0.2) is 56.9 Å². The van der Waals surface area contributed by atoms with Gasteiger partial charge in [0.15, 0.2) is 11.0 Å². The molecule has 6 nitrogen and oxygen atoms in total. The van der Waals surface area contributed by atoms with Crippen LogP contribution in [0.4, 0.5) is 4.39 Å². The van der Waals surface area contributed by atoms with Gasteiger partial charge in [-0.15, -0.1) is 0 Å². The van der Waals surface area contributed by atoms with Crippen LogP contribution in [0.5, 0.6) is 0 Å². The van der Waals surface area contributed by atoms with E-state index in [-0.39, 0.29) is 11.4 Å². The number of aromatic nitrogens is 4. The van der Waals surface area contributed by atoms with Crippen molar-refractivity contribution in [1.82, 2.24) is 19.7 Å². The third kappa shape index (κ3) is 3.93. The first-order valence-corrected chi connectivity index (χ1v) is 10.3. The fourth-order valence-electron chi connectivity index (χ4n) is 2.95. The maximum Gasteiger partial charge on any atom is 0.266 e. The molecule has 2 aromatic heterocycles. The highest BCUT2D eigenvalue weighted by Gasteiger charge is 2.16. The number of nitrogens with zero attached hydrogens (tertiary/aromatic N) is 4. The van der Waals surface area contributed by atoms with Gasteiger partial charge in [0.25, 0.3) is 5.56 Å². The van der Waals surface area contributed by atoms with Crippen LogP contribution in [-0.4, -0.2) is 19.7 Å². The lowest BCUT2D eigenvalue weighted by Crippen LogP contribution is -2.22. The number of aryl methyl sites for hydroxylation is 2. The summed E-state index contributed by atoms with van der Waals surface area (Å²) < 4.78 is 20.8. The lowest BCUT2D eigenvalue weighted by molar-refractivity contribution is 0.373. The van der Waals surface area contributed by atoms with Gasteiger partial charge >= 0.3 is 0 Å². The summed E-state index contributed by atoms with van der Waals surface area (Å²) >= 11 is 1.31. The van der Waals surface area contributed by atoms with Crippen LogP contribution in [0.25, 0.3) is 16.6 Å². The molecule has 4 rings (SSSR count). The highest BCUT2D eigenvalue weighted by Crippen LogP contribution is 2.24. The molecule has 4 aromatic rings. The molecule has 0 unspecified atom stereocenters. The summed E-state index contributed by atoms with van der Waals surface area (Å²) in [5.74, 6) is 1.13. The first kappa shape index (κ1) is 19.3. The Morgan fingerprint density at radius 1 is 1.17 bits per heavy atom. The van der Waals surface area contributed by atoms with Gasteiger partial charge in [-0.3, -0.25) is 9.36 Å². The van der Waals surface area contributed by atoms with Gasteiger partial charge in [0.1, 0.15) is 5.82 Å². The molecule has 0 amide bonds. The van der Waals surface area contributed by atoms with Gasteiger partial charge in [-0.2, -0.15) is 4.98 Å². The van der Waals surface area contributed by atoms with Crippen LogP contribution in [0.2, 0.25) is 0 Å². The Bertz CT molecular complexity index is 1240. The summed E-state index contributed by atoms with van der Waals surface area (Å²) in [7, 11) is 0. The molecule has 0 aliphatic carbocycles. The molecule has 0 N–H and O–H groups in total. The van der Waals surface area contributed by atoms with Gasteiger partial charge < -0.3 is 4.52 Å². The van der Waals surface area contributed by atoms with E-state index >= 15 is 0 Å². The van der Waals surface area contributed by atoms with Gasteiger partial charge in [-0.25, -0.2) is 9.37 Å². The topological polar surface area (TPSA) is 73.8 Å². The van der Waals surface area contributed by atoms with Crippen molar-refractivity contribution >= 4 is 22.7 Å². The zero-order valence-corrected chi connectivity index (χ0v) is 16.9. The van der Waals surface area contributed by atoms with Gasteiger partial charge in [0, 0.05) is 6.42 Å². The Balaban J connectivity index is 1.78. The standard InChI is InChI=1S/C21H19FN4O2S/c1-3-6-19-24-18(25-28-19)12-29-21-23-17-8-5-4-7-15(17)20(27)26(21)14-10-9-13(2)16(22)11-14/h4-5,7-11H,3,6,12H2,1-2H3. The van der Waals surface area contributed by atoms with Crippen LogP contribution in [0.3, 0.4) is 0 Å². The third-order valence-electron chi connectivity index (χ3n) is 4.46. The fourth-order valence-corrected chi connectivity index (χ4v) is 3.81. The number of hydrogen-bond acceptors (Lipinski definition) is 6. The van der Waals surface area contributed by atoms with Crippen LogP contribution >= 0.6 is 11.8 Å². The molecular formula is C21H19FN4O2S. The Morgan fingerprint density at radius 2 is 2.00 bits per heavy atom. The molecule has 2 heterocycles. The second-order valence-electron chi connectivity index (χ2n) is 6.63. The van der Waals surface area contributed by atoms with E-state index < -0.39 is 0 Å². The minimum absolute atomic E-state index is 0.249. The van der Waals surface area contributed by atoms with Crippen LogP contribution in [0.1, 0.15) is 30.6 Å². The highest BCUT2D eigenvalue weighted by molar-refractivity contribution is 7.98. The lowest BCUT2D eigenvalue weighted by Gasteiger charge is -2.13. The van der Waals surface area contributed by atoms with Crippen LogP contribution in [-0.2, 0) is 12.2 Å². The van der Waals surface area contributed by atoms with Gasteiger partial charge in [0.2, 0.25) is 5.89 Å². The third-order valence-corrected chi connectivity index (χ3v) is 5.40. The van der Waals surface area contributed by atoms with Crippen molar-refractivity contribution < 1.29 is 8.91 Å². The zero-order chi connectivity index (χ0) is 20.4. The lowest BCUT2D eigenvalue weighted by atomic mass is 10.2. The molecule has 0 saturated heterocycles. The van der Waals surface area contributed by atoms with Crippen molar-refractivity contribution in [1.29, 1.82) is 0 Å². The van der Waals surface area contributed by atoms with E-state index in [0.717, 1.165) is 12.8 Å². The van der Waals surface area contributed by atoms with E-state index in [0.29, 0.717) is 44.8 Å². The normalized spacial score (nSPS) is 11.3. The molecule has 148 valence electrons. The van der Waals surface area contributed by atoms with Crippen molar-refractivity contribution in [3.63, 3.8) is 0 Å². The molecule has 29 heavy (non-hydrogen) atoms. The first-order chi connectivity index (χ1) is 14.1. The number of rotatable bonds is 6. The predicted molar refractivity (Wildman–Crippen MR) is 110 cm³/mol. The van der Waals surface area contributed by atoms with Gasteiger partial charge in [0.05, 0.1) is 22.3 Å². The molecule has 0 atom stereocenters. The maximum absolute atomic E-state index is 14.2. The maximum atomic E-state index is 14.2. The number of thioether (sulfide) groups is 1. The molecule has 0 aliphatic heterocycles. The van der Waals surface area contributed by atoms with Crippen molar-refractivity contribution in [3.8, 4) is 5.69 Å². The molecule has 0 radical (unpaired) electrons. The average Bonchev–Trinajstić information content (AvgIpc) is 3.17. The summed E-state index contributed by atoms with van der Waals surface area (Å²) in [6, 6.07) is 11.8. The molecule has 0 spiro atoms. The smallest absolute Gasteiger partial charge is 0.266 e. The van der Waals surface area contributed by atoms with Crippen molar-refractivity contribution in [2.45, 2.75) is 37.6 Å². The monoisotopic (exact) mass is 410 g/mol. The molecule has 0 bridgehead atoms.